The molecule has 132 valence electrons. The summed E-state index contributed by atoms with van der Waals surface area (Å²) in [4.78, 5) is 12.7. The summed E-state index contributed by atoms with van der Waals surface area (Å²) in [5.41, 5.74) is 15.3. The van der Waals surface area contributed by atoms with Crippen LogP contribution in [0.25, 0.3) is 33.4 Å². The van der Waals surface area contributed by atoms with E-state index in [0.29, 0.717) is 34.8 Å². The third-order valence-electron chi connectivity index (χ3n) is 4.64. The predicted octanol–water partition coefficient (Wildman–Crippen LogP) is 1.98. The van der Waals surface area contributed by atoms with E-state index in [0.717, 1.165) is 30.4 Å². The van der Waals surface area contributed by atoms with Gasteiger partial charge in [0, 0.05) is 12.2 Å². The number of fused-ring (bicyclic) bond motifs is 2. The van der Waals surface area contributed by atoms with Crippen molar-refractivity contribution in [2.75, 3.05) is 18.1 Å². The maximum atomic E-state index is 6.14. The van der Waals surface area contributed by atoms with Crippen molar-refractivity contribution in [1.29, 1.82) is 0 Å². The summed E-state index contributed by atoms with van der Waals surface area (Å²) >= 11 is 0. The van der Waals surface area contributed by atoms with E-state index in [2.05, 4.69) is 15.0 Å². The lowest BCUT2D eigenvalue weighted by Gasteiger charge is -2.09. The van der Waals surface area contributed by atoms with Gasteiger partial charge >= 0.3 is 0 Å². The molecule has 4 N–H and O–H groups in total. The van der Waals surface area contributed by atoms with Crippen LogP contribution in [-0.4, -0.2) is 37.4 Å². The predicted molar refractivity (Wildman–Crippen MR) is 96.1 cm³/mol. The summed E-state index contributed by atoms with van der Waals surface area (Å²) < 4.78 is 12.9. The maximum Gasteiger partial charge on any atom is 0.292 e. The highest BCUT2D eigenvalue weighted by Gasteiger charge is 2.22. The largest absolute Gasteiger partial charge is 0.424 e. The van der Waals surface area contributed by atoms with Crippen LogP contribution in [0.15, 0.2) is 28.9 Å². The topological polar surface area (TPSA) is 131 Å². The number of hydrogen-bond donors (Lipinski definition) is 2. The van der Waals surface area contributed by atoms with Crippen molar-refractivity contribution >= 4 is 34.0 Å². The van der Waals surface area contributed by atoms with Crippen LogP contribution in [0, 0.1) is 0 Å². The van der Waals surface area contributed by atoms with Crippen molar-refractivity contribution in [3.05, 3.63) is 24.5 Å². The summed E-state index contributed by atoms with van der Waals surface area (Å²) in [5.74, 6) is 0.392. The van der Waals surface area contributed by atoms with Gasteiger partial charge in [0.2, 0.25) is 0 Å². The molecule has 9 nitrogen and oxygen atoms in total. The minimum Gasteiger partial charge on any atom is -0.424 e. The molecule has 4 heterocycles. The van der Waals surface area contributed by atoms with E-state index >= 15 is 0 Å². The molecule has 9 heteroatoms. The Bertz CT molecular complexity index is 1110. The first kappa shape index (κ1) is 15.1. The standard InChI is InChI=1S/C17H17N7O2/c18-15-13-14(9-3-4-12-11(6-9)22-17(19)26-12)23-24(16(13)21-8-20-15)7-10-2-1-5-25-10/h3-4,6,8,10H,1-2,5,7H2,(H2,19,22)(H2,18,20,21)/t10-/m0/s1. The second kappa shape index (κ2) is 5.67. The van der Waals surface area contributed by atoms with Gasteiger partial charge in [0.25, 0.3) is 6.01 Å². The molecule has 26 heavy (non-hydrogen) atoms. The third kappa shape index (κ3) is 2.36. The first-order valence-electron chi connectivity index (χ1n) is 8.44. The van der Waals surface area contributed by atoms with E-state index in [9.17, 15) is 0 Å². The second-order valence-electron chi connectivity index (χ2n) is 6.36. The third-order valence-corrected chi connectivity index (χ3v) is 4.64. The Morgan fingerprint density at radius 1 is 1.23 bits per heavy atom. The molecule has 1 atom stereocenters. The van der Waals surface area contributed by atoms with Crippen LogP contribution in [0.4, 0.5) is 11.8 Å². The van der Waals surface area contributed by atoms with Crippen LogP contribution in [0.3, 0.4) is 0 Å². The first-order valence-corrected chi connectivity index (χ1v) is 8.44. The van der Waals surface area contributed by atoms with Crippen LogP contribution < -0.4 is 11.5 Å². The van der Waals surface area contributed by atoms with Gasteiger partial charge in [0.1, 0.15) is 23.4 Å². The van der Waals surface area contributed by atoms with Gasteiger partial charge in [-0.25, -0.2) is 14.6 Å². The Morgan fingerprint density at radius 3 is 3.00 bits per heavy atom. The van der Waals surface area contributed by atoms with Crippen molar-refractivity contribution in [2.45, 2.75) is 25.5 Å². The molecule has 1 saturated heterocycles. The fourth-order valence-corrected chi connectivity index (χ4v) is 3.43. The molecule has 5 rings (SSSR count). The molecular weight excluding hydrogens is 334 g/mol. The number of nitrogens with zero attached hydrogens (tertiary/aromatic N) is 5. The van der Waals surface area contributed by atoms with Gasteiger partial charge in [0.15, 0.2) is 11.2 Å². The van der Waals surface area contributed by atoms with Gasteiger partial charge in [-0.3, -0.25) is 0 Å². The molecule has 0 radical (unpaired) electrons. The summed E-state index contributed by atoms with van der Waals surface area (Å²) in [6, 6.07) is 5.73. The van der Waals surface area contributed by atoms with Crippen molar-refractivity contribution in [2.24, 2.45) is 0 Å². The van der Waals surface area contributed by atoms with E-state index in [1.54, 1.807) is 0 Å². The lowest BCUT2D eigenvalue weighted by molar-refractivity contribution is 0.0950. The zero-order valence-corrected chi connectivity index (χ0v) is 13.9. The van der Waals surface area contributed by atoms with E-state index < -0.39 is 0 Å². The number of nitrogen functional groups attached to an aromatic ring is 2. The average Bonchev–Trinajstić information content (AvgIpc) is 3.33. The van der Waals surface area contributed by atoms with E-state index in [4.69, 9.17) is 25.7 Å². The number of oxazole rings is 1. The number of benzene rings is 1. The van der Waals surface area contributed by atoms with E-state index in [1.807, 2.05) is 22.9 Å². The van der Waals surface area contributed by atoms with Crippen LogP contribution in [0.1, 0.15) is 12.8 Å². The van der Waals surface area contributed by atoms with Crippen molar-refractivity contribution in [3.63, 3.8) is 0 Å². The highest BCUT2D eigenvalue weighted by atomic mass is 16.5. The molecule has 4 aromatic rings. The Labute approximate surface area is 148 Å². The summed E-state index contributed by atoms with van der Waals surface area (Å²) in [6.07, 6.45) is 3.68. The molecular formula is C17H17N7O2. The Hall–Kier alpha value is -3.20. The number of aromatic nitrogens is 5. The fourth-order valence-electron chi connectivity index (χ4n) is 3.43. The molecule has 0 saturated carbocycles. The van der Waals surface area contributed by atoms with Gasteiger partial charge in [-0.2, -0.15) is 10.1 Å². The fraction of sp³-hybridized carbons (Fsp3) is 0.294. The van der Waals surface area contributed by atoms with Gasteiger partial charge in [-0.1, -0.05) is 0 Å². The minimum atomic E-state index is 0.133. The molecule has 1 fully saturated rings. The lowest BCUT2D eigenvalue weighted by Crippen LogP contribution is -2.16. The number of anilines is 2. The quantitative estimate of drug-likeness (QED) is 0.573. The average molecular weight is 351 g/mol. The highest BCUT2D eigenvalue weighted by Crippen LogP contribution is 2.32. The van der Waals surface area contributed by atoms with E-state index in [1.165, 1.54) is 6.33 Å². The second-order valence-corrected chi connectivity index (χ2v) is 6.36. The monoisotopic (exact) mass is 351 g/mol. The number of nitrogens with two attached hydrogens (primary N) is 2. The normalized spacial score (nSPS) is 17.5. The zero-order valence-electron chi connectivity index (χ0n) is 13.9. The SMILES string of the molecule is Nc1nc2cc(-c3nn(C[C@@H]4CCCO4)c4ncnc(N)c34)ccc2o1. The van der Waals surface area contributed by atoms with Gasteiger partial charge in [-0.15, -0.1) is 0 Å². The number of rotatable bonds is 3. The van der Waals surface area contributed by atoms with Crippen molar-refractivity contribution < 1.29 is 9.15 Å². The smallest absolute Gasteiger partial charge is 0.292 e. The zero-order chi connectivity index (χ0) is 17.7. The van der Waals surface area contributed by atoms with E-state index in [-0.39, 0.29) is 12.1 Å². The molecule has 1 aliphatic heterocycles. The Morgan fingerprint density at radius 2 is 2.15 bits per heavy atom. The Balaban J connectivity index is 1.67. The lowest BCUT2D eigenvalue weighted by atomic mass is 10.1. The Kier molecular flexibility index (Phi) is 3.29. The van der Waals surface area contributed by atoms with Gasteiger partial charge in [-0.05, 0) is 31.0 Å². The van der Waals surface area contributed by atoms with Gasteiger partial charge < -0.3 is 20.6 Å². The van der Waals surface area contributed by atoms with Gasteiger partial charge in [0.05, 0.1) is 18.0 Å². The van der Waals surface area contributed by atoms with Crippen LogP contribution in [-0.2, 0) is 11.3 Å². The highest BCUT2D eigenvalue weighted by molar-refractivity contribution is 5.99. The summed E-state index contributed by atoms with van der Waals surface area (Å²) in [5, 5.41) is 5.49. The maximum absolute atomic E-state index is 6.14. The molecule has 0 bridgehead atoms. The molecule has 0 aliphatic carbocycles. The van der Waals surface area contributed by atoms with Crippen molar-refractivity contribution in [3.8, 4) is 11.3 Å². The minimum absolute atomic E-state index is 0.133. The summed E-state index contributed by atoms with van der Waals surface area (Å²) in [6.45, 7) is 1.42. The van der Waals surface area contributed by atoms with Crippen LogP contribution in [0.2, 0.25) is 0 Å². The number of ether oxygens (including phenoxy) is 1. The first-order chi connectivity index (χ1) is 12.7. The molecule has 3 aromatic heterocycles. The van der Waals surface area contributed by atoms with Crippen LogP contribution in [0.5, 0.6) is 0 Å². The van der Waals surface area contributed by atoms with Crippen molar-refractivity contribution in [1.82, 2.24) is 24.7 Å². The molecule has 0 unspecified atom stereocenters. The molecule has 0 amide bonds. The van der Waals surface area contributed by atoms with Crippen LogP contribution >= 0.6 is 0 Å². The molecule has 1 aromatic carbocycles. The molecule has 0 spiro atoms. The molecule has 1 aliphatic rings. The number of hydrogen-bond acceptors (Lipinski definition) is 8. The summed E-state index contributed by atoms with van der Waals surface area (Å²) in [7, 11) is 0.